The molecule has 2 N–H and O–H groups in total. The Kier molecular flexibility index (Phi) is 6.19. The Balaban J connectivity index is 3.76. The summed E-state index contributed by atoms with van der Waals surface area (Å²) in [4.78, 5) is 22.9. The quantitative estimate of drug-likeness (QED) is 0.501. The number of amides is 2. The normalized spacial score (nSPS) is 9.21. The second-order valence-corrected chi connectivity index (χ2v) is 2.70. The van der Waals surface area contributed by atoms with Gasteiger partial charge in [0.25, 0.3) is 0 Å². The van der Waals surface area contributed by atoms with E-state index in [1.807, 2.05) is 6.92 Å². The van der Waals surface area contributed by atoms with E-state index >= 15 is 0 Å². The van der Waals surface area contributed by atoms with Gasteiger partial charge in [-0.1, -0.05) is 13.5 Å². The molecule has 0 aliphatic rings. The van der Waals surface area contributed by atoms with Crippen LogP contribution < -0.4 is 5.73 Å². The summed E-state index contributed by atoms with van der Waals surface area (Å²) in [6, 6.07) is -0.499. The van der Waals surface area contributed by atoms with Gasteiger partial charge in [0.2, 0.25) is 0 Å². The molecule has 0 bridgehead atoms. The van der Waals surface area contributed by atoms with Crippen molar-refractivity contribution in [2.45, 2.75) is 13.3 Å². The van der Waals surface area contributed by atoms with Gasteiger partial charge in [0.05, 0.1) is 6.54 Å². The zero-order valence-electron chi connectivity index (χ0n) is 8.36. The van der Waals surface area contributed by atoms with E-state index in [0.29, 0.717) is 13.1 Å². The zero-order valence-corrected chi connectivity index (χ0v) is 8.36. The number of primary amides is 1. The minimum absolute atomic E-state index is 0.147. The molecular formula is C9H16N2O3. The predicted molar refractivity (Wildman–Crippen MR) is 52.6 cm³/mol. The molecule has 14 heavy (non-hydrogen) atoms. The fourth-order valence-electron chi connectivity index (χ4n) is 0.917. The van der Waals surface area contributed by atoms with Crippen LogP contribution in [0.1, 0.15) is 13.3 Å². The number of carbonyl (C=O) groups is 2. The molecule has 0 aromatic rings. The highest BCUT2D eigenvalue weighted by Gasteiger charge is 2.08. The van der Waals surface area contributed by atoms with Crippen molar-refractivity contribution in [2.24, 2.45) is 5.73 Å². The molecule has 0 aliphatic heterocycles. The van der Waals surface area contributed by atoms with Crippen molar-refractivity contribution >= 4 is 12.0 Å². The number of nitrogens with zero attached hydrogens (tertiary/aromatic N) is 1. The highest BCUT2D eigenvalue weighted by atomic mass is 16.5. The fraction of sp³-hybridized carbons (Fsp3) is 0.556. The highest BCUT2D eigenvalue weighted by molar-refractivity contribution is 5.81. The highest BCUT2D eigenvalue weighted by Crippen LogP contribution is 1.91. The van der Waals surface area contributed by atoms with Gasteiger partial charge in [0.1, 0.15) is 6.61 Å². The first-order valence-electron chi connectivity index (χ1n) is 4.45. The Hall–Kier alpha value is -1.52. The minimum atomic E-state index is -0.499. The topological polar surface area (TPSA) is 72.6 Å². The molecule has 0 saturated carbocycles. The molecule has 0 unspecified atom stereocenters. The number of ether oxygens (including phenoxy) is 1. The van der Waals surface area contributed by atoms with Gasteiger partial charge in [-0.2, -0.15) is 0 Å². The van der Waals surface area contributed by atoms with Crippen LogP contribution in [-0.2, 0) is 9.53 Å². The predicted octanol–water partition coefficient (Wildman–Crippen LogP) is 0.506. The maximum absolute atomic E-state index is 10.8. The molecule has 0 radical (unpaired) electrons. The Bertz CT molecular complexity index is 216. The molecule has 0 aromatic heterocycles. The van der Waals surface area contributed by atoms with E-state index in [9.17, 15) is 9.59 Å². The lowest BCUT2D eigenvalue weighted by Gasteiger charge is -2.18. The van der Waals surface area contributed by atoms with Crippen LogP contribution in [0, 0.1) is 0 Å². The van der Waals surface area contributed by atoms with E-state index < -0.39 is 12.0 Å². The number of nitrogens with two attached hydrogens (primary N) is 1. The van der Waals surface area contributed by atoms with Crippen molar-refractivity contribution in [1.82, 2.24) is 4.90 Å². The SMILES string of the molecule is C=CC(=O)OCCN(CCC)C(N)=O. The second-order valence-electron chi connectivity index (χ2n) is 2.70. The third-order valence-electron chi connectivity index (χ3n) is 1.58. The second kappa shape index (κ2) is 6.94. The maximum atomic E-state index is 10.8. The van der Waals surface area contributed by atoms with Gasteiger partial charge in [0, 0.05) is 12.6 Å². The number of esters is 1. The molecule has 0 aliphatic carbocycles. The molecule has 0 spiro atoms. The van der Waals surface area contributed by atoms with E-state index in [-0.39, 0.29) is 6.61 Å². The van der Waals surface area contributed by atoms with Crippen molar-refractivity contribution in [3.8, 4) is 0 Å². The summed E-state index contributed by atoms with van der Waals surface area (Å²) in [5.74, 6) is -0.495. The van der Waals surface area contributed by atoms with Gasteiger partial charge in [0.15, 0.2) is 0 Å². The van der Waals surface area contributed by atoms with Gasteiger partial charge in [-0.05, 0) is 6.42 Å². The van der Waals surface area contributed by atoms with E-state index in [1.54, 1.807) is 0 Å². The lowest BCUT2D eigenvalue weighted by atomic mass is 10.4. The Morgan fingerprint density at radius 2 is 2.14 bits per heavy atom. The Labute approximate surface area is 83.5 Å². The van der Waals surface area contributed by atoms with Gasteiger partial charge in [-0.25, -0.2) is 9.59 Å². The van der Waals surface area contributed by atoms with Crippen molar-refractivity contribution in [2.75, 3.05) is 19.7 Å². The molecule has 0 rings (SSSR count). The largest absolute Gasteiger partial charge is 0.461 e. The first kappa shape index (κ1) is 12.5. The van der Waals surface area contributed by atoms with Crippen LogP contribution in [0.4, 0.5) is 4.79 Å². The molecule has 0 atom stereocenters. The van der Waals surface area contributed by atoms with Crippen LogP contribution in [-0.4, -0.2) is 36.6 Å². The standard InChI is InChI=1S/C9H16N2O3/c1-3-5-11(9(10)13)6-7-14-8(12)4-2/h4H,2-3,5-7H2,1H3,(H2,10,13). The van der Waals surface area contributed by atoms with Gasteiger partial charge < -0.3 is 15.4 Å². The summed E-state index contributed by atoms with van der Waals surface area (Å²) in [6.45, 7) is 6.23. The lowest BCUT2D eigenvalue weighted by Crippen LogP contribution is -2.38. The summed E-state index contributed by atoms with van der Waals surface area (Å²) >= 11 is 0. The molecule has 0 fully saturated rings. The third kappa shape index (κ3) is 5.18. The lowest BCUT2D eigenvalue weighted by molar-refractivity contribution is -0.138. The van der Waals surface area contributed by atoms with Crippen LogP contribution in [0.5, 0.6) is 0 Å². The number of urea groups is 1. The Morgan fingerprint density at radius 1 is 1.50 bits per heavy atom. The average molecular weight is 200 g/mol. The first-order chi connectivity index (χ1) is 6.61. The summed E-state index contributed by atoms with van der Waals surface area (Å²) in [5.41, 5.74) is 5.10. The molecular weight excluding hydrogens is 184 g/mol. The fourth-order valence-corrected chi connectivity index (χ4v) is 0.917. The van der Waals surface area contributed by atoms with Crippen molar-refractivity contribution < 1.29 is 14.3 Å². The van der Waals surface area contributed by atoms with Crippen LogP contribution in [0.3, 0.4) is 0 Å². The number of rotatable bonds is 6. The average Bonchev–Trinajstić information content (AvgIpc) is 2.16. The monoisotopic (exact) mass is 200 g/mol. The molecule has 0 saturated heterocycles. The summed E-state index contributed by atoms with van der Waals surface area (Å²) in [5, 5.41) is 0. The number of hydrogen-bond donors (Lipinski definition) is 1. The van der Waals surface area contributed by atoms with Gasteiger partial charge in [-0.3, -0.25) is 0 Å². The number of hydrogen-bond acceptors (Lipinski definition) is 3. The summed E-state index contributed by atoms with van der Waals surface area (Å²) in [7, 11) is 0. The van der Waals surface area contributed by atoms with Gasteiger partial charge in [-0.15, -0.1) is 0 Å². The molecule has 2 amide bonds. The van der Waals surface area contributed by atoms with Crippen LogP contribution >= 0.6 is 0 Å². The maximum Gasteiger partial charge on any atom is 0.330 e. The van der Waals surface area contributed by atoms with E-state index in [0.717, 1.165) is 12.5 Å². The third-order valence-corrected chi connectivity index (χ3v) is 1.58. The molecule has 5 heteroatoms. The zero-order chi connectivity index (χ0) is 11.0. The number of carbonyl (C=O) groups excluding carboxylic acids is 2. The van der Waals surface area contributed by atoms with Crippen molar-refractivity contribution in [1.29, 1.82) is 0 Å². The molecule has 0 heterocycles. The molecule has 0 aromatic carbocycles. The Morgan fingerprint density at radius 3 is 2.57 bits per heavy atom. The van der Waals surface area contributed by atoms with Crippen LogP contribution in [0.25, 0.3) is 0 Å². The summed E-state index contributed by atoms with van der Waals surface area (Å²) < 4.78 is 4.71. The van der Waals surface area contributed by atoms with E-state index in [1.165, 1.54) is 4.90 Å². The van der Waals surface area contributed by atoms with Crippen LogP contribution in [0.15, 0.2) is 12.7 Å². The minimum Gasteiger partial charge on any atom is -0.461 e. The van der Waals surface area contributed by atoms with E-state index in [2.05, 4.69) is 6.58 Å². The first-order valence-corrected chi connectivity index (χ1v) is 4.45. The smallest absolute Gasteiger partial charge is 0.330 e. The van der Waals surface area contributed by atoms with Crippen molar-refractivity contribution in [3.63, 3.8) is 0 Å². The van der Waals surface area contributed by atoms with Crippen molar-refractivity contribution in [3.05, 3.63) is 12.7 Å². The summed E-state index contributed by atoms with van der Waals surface area (Å²) in [6.07, 6.45) is 1.90. The van der Waals surface area contributed by atoms with Crippen LogP contribution in [0.2, 0.25) is 0 Å². The molecule has 5 nitrogen and oxygen atoms in total. The van der Waals surface area contributed by atoms with Gasteiger partial charge >= 0.3 is 12.0 Å². The molecule has 80 valence electrons. The van der Waals surface area contributed by atoms with E-state index in [4.69, 9.17) is 10.5 Å².